The normalized spacial score (nSPS) is 20.0. The summed E-state index contributed by atoms with van der Waals surface area (Å²) in [5.41, 5.74) is 3.58. The quantitative estimate of drug-likeness (QED) is 0.622. The van der Waals surface area contributed by atoms with E-state index in [1.54, 1.807) is 10.9 Å². The fraction of sp³-hybridized carbons (Fsp3) is 0.550. The third-order valence-corrected chi connectivity index (χ3v) is 5.92. The van der Waals surface area contributed by atoms with Crippen molar-refractivity contribution in [1.82, 2.24) is 29.7 Å². The molecule has 0 aliphatic carbocycles. The maximum Gasteiger partial charge on any atom is 0.244 e. The number of nitrogens with zero attached hydrogens (tertiary/aromatic N) is 8. The molecule has 5 rings (SSSR count). The predicted molar refractivity (Wildman–Crippen MR) is 110 cm³/mol. The lowest BCUT2D eigenvalue weighted by Gasteiger charge is -2.40. The van der Waals surface area contributed by atoms with Crippen molar-refractivity contribution in [3.63, 3.8) is 0 Å². The molecular formula is C20H24F2N8O. The monoisotopic (exact) mass is 430 g/mol. The van der Waals surface area contributed by atoms with E-state index in [0.29, 0.717) is 42.6 Å². The summed E-state index contributed by atoms with van der Waals surface area (Å²) in [6, 6.07) is 0. The van der Waals surface area contributed by atoms with Gasteiger partial charge < -0.3 is 14.5 Å². The first-order chi connectivity index (χ1) is 14.9. The Balaban J connectivity index is 1.50. The molecule has 2 saturated heterocycles. The van der Waals surface area contributed by atoms with Crippen molar-refractivity contribution >= 4 is 22.9 Å². The van der Waals surface area contributed by atoms with E-state index < -0.39 is 12.3 Å². The number of morpholine rings is 1. The van der Waals surface area contributed by atoms with Crippen LogP contribution in [-0.4, -0.2) is 68.9 Å². The van der Waals surface area contributed by atoms with Gasteiger partial charge in [0.1, 0.15) is 6.10 Å². The number of halogens is 2. The summed E-state index contributed by atoms with van der Waals surface area (Å²) in [5.74, 6) is 0.431. The standard InChI is InChI=1S/C20H24F2N8O/c1-11-12(2)25-18-16(24-11)19(30-8-14(9-30)17(21)22)27-20(26-18)29-4-5-31-15(10-29)13-6-23-28(3)7-13/h6-7,14-15,17H,4-5,8-10H2,1-3H3/t15-/m1/s1. The van der Waals surface area contributed by atoms with Crippen LogP contribution < -0.4 is 9.80 Å². The van der Waals surface area contributed by atoms with Gasteiger partial charge in [0.05, 0.1) is 36.7 Å². The van der Waals surface area contributed by atoms with Crippen LogP contribution in [0.4, 0.5) is 20.5 Å². The molecule has 1 atom stereocenters. The van der Waals surface area contributed by atoms with Crippen molar-refractivity contribution in [3.05, 3.63) is 29.3 Å². The van der Waals surface area contributed by atoms with Gasteiger partial charge >= 0.3 is 0 Å². The summed E-state index contributed by atoms with van der Waals surface area (Å²) in [7, 11) is 1.87. The van der Waals surface area contributed by atoms with Gasteiger partial charge in [-0.05, 0) is 13.8 Å². The minimum atomic E-state index is -2.33. The zero-order valence-corrected chi connectivity index (χ0v) is 17.7. The van der Waals surface area contributed by atoms with E-state index in [9.17, 15) is 8.78 Å². The Bertz CT molecular complexity index is 1110. The van der Waals surface area contributed by atoms with E-state index in [2.05, 4.69) is 20.1 Å². The van der Waals surface area contributed by atoms with Crippen LogP contribution in [0.1, 0.15) is 23.1 Å². The van der Waals surface area contributed by atoms with E-state index in [1.165, 1.54) is 0 Å². The minimum absolute atomic E-state index is 0.150. The summed E-state index contributed by atoms with van der Waals surface area (Å²) < 4.78 is 33.8. The molecule has 0 aromatic carbocycles. The van der Waals surface area contributed by atoms with E-state index in [1.807, 2.05) is 36.9 Å². The molecule has 0 saturated carbocycles. The Kier molecular flexibility index (Phi) is 4.92. The molecule has 2 aliphatic rings. The smallest absolute Gasteiger partial charge is 0.244 e. The molecule has 3 aromatic rings. The van der Waals surface area contributed by atoms with Crippen LogP contribution in [0.15, 0.2) is 12.4 Å². The molecule has 2 aliphatic heterocycles. The van der Waals surface area contributed by atoms with E-state index in [-0.39, 0.29) is 19.2 Å². The molecule has 164 valence electrons. The van der Waals surface area contributed by atoms with E-state index in [4.69, 9.17) is 9.72 Å². The fourth-order valence-electron chi connectivity index (χ4n) is 3.93. The molecule has 9 nitrogen and oxygen atoms in total. The van der Waals surface area contributed by atoms with Crippen molar-refractivity contribution in [2.75, 3.05) is 42.6 Å². The van der Waals surface area contributed by atoms with Crippen LogP contribution in [0, 0.1) is 19.8 Å². The summed E-state index contributed by atoms with van der Waals surface area (Å²) in [4.78, 5) is 22.6. The van der Waals surface area contributed by atoms with Crippen molar-refractivity contribution in [2.45, 2.75) is 26.4 Å². The highest BCUT2D eigenvalue weighted by molar-refractivity contribution is 5.85. The molecule has 0 unspecified atom stereocenters. The predicted octanol–water partition coefficient (Wildman–Crippen LogP) is 2.05. The van der Waals surface area contributed by atoms with E-state index in [0.717, 1.165) is 17.0 Å². The topological polar surface area (TPSA) is 85.1 Å². The molecule has 3 aromatic heterocycles. The molecule has 0 N–H and O–H groups in total. The van der Waals surface area contributed by atoms with Gasteiger partial charge in [0.2, 0.25) is 12.4 Å². The number of hydrogen-bond donors (Lipinski definition) is 0. The van der Waals surface area contributed by atoms with Gasteiger partial charge in [-0.1, -0.05) is 0 Å². The number of aromatic nitrogens is 6. The lowest BCUT2D eigenvalue weighted by Crippen LogP contribution is -2.50. The summed E-state index contributed by atoms with van der Waals surface area (Å²) >= 11 is 0. The highest BCUT2D eigenvalue weighted by Gasteiger charge is 2.37. The van der Waals surface area contributed by atoms with Crippen molar-refractivity contribution in [1.29, 1.82) is 0 Å². The second-order valence-electron chi connectivity index (χ2n) is 8.17. The van der Waals surface area contributed by atoms with Crippen LogP contribution >= 0.6 is 0 Å². The van der Waals surface area contributed by atoms with E-state index >= 15 is 0 Å². The van der Waals surface area contributed by atoms with Crippen molar-refractivity contribution in [2.24, 2.45) is 13.0 Å². The van der Waals surface area contributed by atoms with Gasteiger partial charge in [0, 0.05) is 38.4 Å². The molecule has 0 bridgehead atoms. The molecular weight excluding hydrogens is 406 g/mol. The third-order valence-electron chi connectivity index (χ3n) is 5.92. The van der Waals surface area contributed by atoms with Crippen LogP contribution in [0.25, 0.3) is 11.2 Å². The SMILES string of the molecule is Cc1nc2nc(N3CCO[C@@H](c4cnn(C)c4)C3)nc(N3CC(C(F)F)C3)c2nc1C. The fourth-order valence-corrected chi connectivity index (χ4v) is 3.93. The van der Waals surface area contributed by atoms with Gasteiger partial charge in [-0.25, -0.2) is 18.7 Å². The van der Waals surface area contributed by atoms with Gasteiger partial charge in [0.25, 0.3) is 0 Å². The lowest BCUT2D eigenvalue weighted by molar-refractivity contribution is 0.0392. The number of fused-ring (bicyclic) bond motifs is 1. The zero-order chi connectivity index (χ0) is 21.7. The molecule has 2 fully saturated rings. The number of rotatable bonds is 4. The molecule has 11 heteroatoms. The van der Waals surface area contributed by atoms with Gasteiger partial charge in [-0.2, -0.15) is 15.1 Å². The average molecular weight is 430 g/mol. The number of aryl methyl sites for hydroxylation is 3. The van der Waals surface area contributed by atoms with Crippen LogP contribution in [-0.2, 0) is 11.8 Å². The maximum atomic E-state index is 13.1. The lowest BCUT2D eigenvalue weighted by atomic mass is 10.0. The van der Waals surface area contributed by atoms with Crippen molar-refractivity contribution < 1.29 is 13.5 Å². The highest BCUT2D eigenvalue weighted by Crippen LogP contribution is 2.33. The first-order valence-electron chi connectivity index (χ1n) is 10.3. The van der Waals surface area contributed by atoms with Crippen LogP contribution in [0.5, 0.6) is 0 Å². The third kappa shape index (κ3) is 3.67. The molecule has 31 heavy (non-hydrogen) atoms. The molecule has 0 amide bonds. The van der Waals surface area contributed by atoms with Crippen LogP contribution in [0.2, 0.25) is 0 Å². The molecule has 5 heterocycles. The van der Waals surface area contributed by atoms with Gasteiger partial charge in [-0.15, -0.1) is 0 Å². The second-order valence-corrected chi connectivity index (χ2v) is 8.17. The minimum Gasteiger partial charge on any atom is -0.370 e. The van der Waals surface area contributed by atoms with Crippen LogP contribution in [0.3, 0.4) is 0 Å². The first kappa shape index (κ1) is 20.0. The maximum absolute atomic E-state index is 13.1. The Morgan fingerprint density at radius 1 is 1.03 bits per heavy atom. The number of anilines is 2. The number of alkyl halides is 2. The Hall–Kier alpha value is -2.95. The summed E-state index contributed by atoms with van der Waals surface area (Å²) in [6.07, 6.45) is 1.24. The zero-order valence-electron chi connectivity index (χ0n) is 17.7. The average Bonchev–Trinajstić information content (AvgIpc) is 3.14. The molecule has 0 radical (unpaired) electrons. The largest absolute Gasteiger partial charge is 0.370 e. The first-order valence-corrected chi connectivity index (χ1v) is 10.3. The Morgan fingerprint density at radius 3 is 2.52 bits per heavy atom. The summed E-state index contributed by atoms with van der Waals surface area (Å²) in [5, 5.41) is 4.23. The molecule has 0 spiro atoms. The van der Waals surface area contributed by atoms with Gasteiger partial charge in [0.15, 0.2) is 17.0 Å². The number of ether oxygens (including phenoxy) is 1. The highest BCUT2D eigenvalue weighted by atomic mass is 19.3. The number of hydrogen-bond acceptors (Lipinski definition) is 8. The van der Waals surface area contributed by atoms with Crippen molar-refractivity contribution in [3.8, 4) is 0 Å². The summed E-state index contributed by atoms with van der Waals surface area (Å²) in [6.45, 7) is 5.96. The van der Waals surface area contributed by atoms with Gasteiger partial charge in [-0.3, -0.25) is 4.68 Å². The second kappa shape index (κ2) is 7.63. The Labute approximate surface area is 178 Å². The Morgan fingerprint density at radius 2 is 1.81 bits per heavy atom.